The van der Waals surface area contributed by atoms with Crippen molar-refractivity contribution in [2.45, 2.75) is 51.8 Å². The van der Waals surface area contributed by atoms with Crippen molar-refractivity contribution in [3.8, 4) is 0 Å². The molecule has 3 nitrogen and oxygen atoms in total. The molecule has 1 N–H and O–H groups in total. The predicted octanol–water partition coefficient (Wildman–Crippen LogP) is 1.81. The van der Waals surface area contributed by atoms with E-state index in [2.05, 4.69) is 19.2 Å². The van der Waals surface area contributed by atoms with Crippen molar-refractivity contribution >= 4 is 0 Å². The zero-order valence-corrected chi connectivity index (χ0v) is 10.5. The third kappa shape index (κ3) is 4.09. The van der Waals surface area contributed by atoms with Crippen LogP contribution in [0.4, 0.5) is 0 Å². The van der Waals surface area contributed by atoms with Crippen LogP contribution in [0.15, 0.2) is 0 Å². The van der Waals surface area contributed by atoms with Crippen molar-refractivity contribution in [3.05, 3.63) is 0 Å². The van der Waals surface area contributed by atoms with Crippen LogP contribution in [0.5, 0.6) is 0 Å². The van der Waals surface area contributed by atoms with Gasteiger partial charge in [0.1, 0.15) is 0 Å². The molecular weight excluding hydrogens is 190 g/mol. The van der Waals surface area contributed by atoms with E-state index in [0.717, 1.165) is 26.1 Å². The molecule has 1 aliphatic carbocycles. The Hall–Kier alpha value is -0.120. The van der Waals surface area contributed by atoms with Gasteiger partial charge in [0.05, 0.1) is 12.7 Å². The van der Waals surface area contributed by atoms with E-state index in [-0.39, 0.29) is 0 Å². The Morgan fingerprint density at radius 2 is 2.00 bits per heavy atom. The minimum absolute atomic E-state index is 0.474. The highest BCUT2D eigenvalue weighted by atomic mass is 16.5. The molecule has 1 saturated carbocycles. The van der Waals surface area contributed by atoms with E-state index >= 15 is 0 Å². The second kappa shape index (κ2) is 6.46. The van der Waals surface area contributed by atoms with Crippen LogP contribution in [-0.4, -0.2) is 38.5 Å². The third-order valence-corrected chi connectivity index (χ3v) is 3.18. The average Bonchev–Trinajstić information content (AvgIpc) is 2.14. The molecule has 0 radical (unpaired) electrons. The number of nitrogens with one attached hydrogen (secondary N) is 1. The van der Waals surface area contributed by atoms with Crippen LogP contribution in [0.3, 0.4) is 0 Å². The lowest BCUT2D eigenvalue weighted by Crippen LogP contribution is -2.52. The van der Waals surface area contributed by atoms with Gasteiger partial charge in [0.25, 0.3) is 0 Å². The Bertz CT molecular complexity index is 167. The van der Waals surface area contributed by atoms with Gasteiger partial charge >= 0.3 is 0 Å². The molecule has 1 rings (SSSR count). The molecule has 0 heterocycles. The van der Waals surface area contributed by atoms with Crippen molar-refractivity contribution in [1.82, 2.24) is 5.32 Å². The number of rotatable bonds is 7. The molecule has 1 unspecified atom stereocenters. The number of methoxy groups -OCH3 is 1. The molecule has 0 spiro atoms. The highest BCUT2D eigenvalue weighted by Gasteiger charge is 2.31. The van der Waals surface area contributed by atoms with Crippen LogP contribution in [0, 0.1) is 5.92 Å². The summed E-state index contributed by atoms with van der Waals surface area (Å²) < 4.78 is 10.8. The summed E-state index contributed by atoms with van der Waals surface area (Å²) in [4.78, 5) is 0. The van der Waals surface area contributed by atoms with Crippen LogP contribution < -0.4 is 5.32 Å². The molecule has 0 saturated heterocycles. The minimum Gasteiger partial charge on any atom is -0.381 e. The van der Waals surface area contributed by atoms with Crippen molar-refractivity contribution in [3.63, 3.8) is 0 Å². The second-order valence-corrected chi connectivity index (χ2v) is 4.70. The van der Waals surface area contributed by atoms with Gasteiger partial charge in [0, 0.05) is 25.8 Å². The van der Waals surface area contributed by atoms with Gasteiger partial charge in [-0.1, -0.05) is 13.8 Å². The van der Waals surface area contributed by atoms with E-state index in [1.54, 1.807) is 7.11 Å². The van der Waals surface area contributed by atoms with E-state index in [1.807, 2.05) is 6.92 Å². The van der Waals surface area contributed by atoms with E-state index in [4.69, 9.17) is 9.47 Å². The van der Waals surface area contributed by atoms with Gasteiger partial charge in [-0.2, -0.15) is 0 Å². The van der Waals surface area contributed by atoms with Gasteiger partial charge in [-0.05, 0) is 25.7 Å². The highest BCUT2D eigenvalue weighted by Crippen LogP contribution is 2.23. The maximum absolute atomic E-state index is 5.49. The quantitative estimate of drug-likeness (QED) is 0.702. The summed E-state index contributed by atoms with van der Waals surface area (Å²) in [5, 5.41) is 3.65. The lowest BCUT2D eigenvalue weighted by molar-refractivity contribution is 0.00573. The van der Waals surface area contributed by atoms with Gasteiger partial charge < -0.3 is 14.8 Å². The molecule has 3 heteroatoms. The standard InChI is InChI=1S/C12H25NO2/c1-5-15-8-12(9(2)3)13-10-6-11(7-10)14-4/h9-13H,5-8H2,1-4H3. The summed E-state index contributed by atoms with van der Waals surface area (Å²) in [5.41, 5.74) is 0. The summed E-state index contributed by atoms with van der Waals surface area (Å²) in [6.45, 7) is 8.15. The Labute approximate surface area is 93.5 Å². The summed E-state index contributed by atoms with van der Waals surface area (Å²) in [5.74, 6) is 0.623. The molecule has 1 fully saturated rings. The van der Waals surface area contributed by atoms with E-state index in [1.165, 1.54) is 0 Å². The Morgan fingerprint density at radius 1 is 1.33 bits per heavy atom. The van der Waals surface area contributed by atoms with Crippen LogP contribution >= 0.6 is 0 Å². The Kier molecular flexibility index (Phi) is 5.58. The van der Waals surface area contributed by atoms with Crippen LogP contribution in [0.25, 0.3) is 0 Å². The zero-order valence-electron chi connectivity index (χ0n) is 10.5. The predicted molar refractivity (Wildman–Crippen MR) is 62.1 cm³/mol. The molecule has 0 amide bonds. The maximum atomic E-state index is 5.49. The van der Waals surface area contributed by atoms with E-state index in [9.17, 15) is 0 Å². The van der Waals surface area contributed by atoms with Crippen molar-refractivity contribution in [1.29, 1.82) is 0 Å². The molecule has 0 aliphatic heterocycles. The van der Waals surface area contributed by atoms with Crippen LogP contribution in [0.1, 0.15) is 33.6 Å². The fourth-order valence-electron chi connectivity index (χ4n) is 1.87. The fourth-order valence-corrected chi connectivity index (χ4v) is 1.87. The fraction of sp³-hybridized carbons (Fsp3) is 1.00. The zero-order chi connectivity index (χ0) is 11.3. The first-order chi connectivity index (χ1) is 7.17. The Balaban J connectivity index is 2.20. The van der Waals surface area contributed by atoms with E-state index < -0.39 is 0 Å². The maximum Gasteiger partial charge on any atom is 0.0622 e. The van der Waals surface area contributed by atoms with E-state index in [0.29, 0.717) is 24.1 Å². The van der Waals surface area contributed by atoms with Gasteiger partial charge in [0.15, 0.2) is 0 Å². The van der Waals surface area contributed by atoms with Crippen LogP contribution in [0.2, 0.25) is 0 Å². The summed E-state index contributed by atoms with van der Waals surface area (Å²) in [7, 11) is 1.79. The summed E-state index contributed by atoms with van der Waals surface area (Å²) in [6, 6.07) is 1.11. The first-order valence-electron chi connectivity index (χ1n) is 6.04. The van der Waals surface area contributed by atoms with Crippen LogP contribution in [-0.2, 0) is 9.47 Å². The molecule has 1 atom stereocenters. The van der Waals surface area contributed by atoms with Gasteiger partial charge in [-0.3, -0.25) is 0 Å². The Morgan fingerprint density at radius 3 is 2.47 bits per heavy atom. The third-order valence-electron chi connectivity index (χ3n) is 3.18. The summed E-state index contributed by atoms with van der Waals surface area (Å²) >= 11 is 0. The van der Waals surface area contributed by atoms with Crippen molar-refractivity contribution < 1.29 is 9.47 Å². The monoisotopic (exact) mass is 215 g/mol. The molecule has 0 aromatic heterocycles. The lowest BCUT2D eigenvalue weighted by Gasteiger charge is -2.38. The number of hydrogen-bond donors (Lipinski definition) is 1. The largest absolute Gasteiger partial charge is 0.381 e. The molecule has 15 heavy (non-hydrogen) atoms. The number of ether oxygens (including phenoxy) is 2. The highest BCUT2D eigenvalue weighted by molar-refractivity contribution is 4.88. The molecule has 0 aromatic rings. The SMILES string of the molecule is CCOCC(NC1CC(OC)C1)C(C)C. The molecule has 0 bridgehead atoms. The van der Waals surface area contributed by atoms with Gasteiger partial charge in [-0.15, -0.1) is 0 Å². The second-order valence-electron chi connectivity index (χ2n) is 4.70. The topological polar surface area (TPSA) is 30.5 Å². The molecule has 90 valence electrons. The first-order valence-corrected chi connectivity index (χ1v) is 6.04. The number of hydrogen-bond acceptors (Lipinski definition) is 3. The molecule has 1 aliphatic rings. The van der Waals surface area contributed by atoms with Gasteiger partial charge in [-0.25, -0.2) is 0 Å². The molecular formula is C12H25NO2. The van der Waals surface area contributed by atoms with Gasteiger partial charge in [0.2, 0.25) is 0 Å². The lowest BCUT2D eigenvalue weighted by atomic mass is 9.87. The average molecular weight is 215 g/mol. The summed E-state index contributed by atoms with van der Waals surface area (Å²) in [6.07, 6.45) is 2.76. The molecule has 0 aromatic carbocycles. The first kappa shape index (κ1) is 12.9. The van der Waals surface area contributed by atoms with Crippen molar-refractivity contribution in [2.24, 2.45) is 5.92 Å². The normalized spacial score (nSPS) is 27.8. The minimum atomic E-state index is 0.474. The smallest absolute Gasteiger partial charge is 0.0622 e. The van der Waals surface area contributed by atoms with Crippen molar-refractivity contribution in [2.75, 3.05) is 20.3 Å².